The molecule has 0 aliphatic carbocycles. The molecule has 0 spiro atoms. The summed E-state index contributed by atoms with van der Waals surface area (Å²) in [4.78, 5) is 14.0. The number of likely N-dealkylation sites (N-methyl/N-ethyl adjacent to an activating group) is 1. The molecule has 0 fully saturated rings. The third-order valence-corrected chi connectivity index (χ3v) is 8.02. The number of hydrogen-bond acceptors (Lipinski definition) is 6. The van der Waals surface area contributed by atoms with Gasteiger partial charge in [-0.25, -0.2) is 4.48 Å². The number of carbonyl (C=O) groups excluding carboxylic acids is 1. The summed E-state index contributed by atoms with van der Waals surface area (Å²) in [5.74, 6) is 2.64. The Bertz CT molecular complexity index is 1280. The lowest BCUT2D eigenvalue weighted by Gasteiger charge is -2.51. The molecule has 0 bridgehead atoms. The monoisotopic (exact) mass is 520 g/mol. The Labute approximate surface area is 225 Å². The summed E-state index contributed by atoms with van der Waals surface area (Å²) in [7, 11) is 8.53. The Kier molecular flexibility index (Phi) is 8.17. The van der Waals surface area contributed by atoms with Gasteiger partial charge in [0.1, 0.15) is 12.1 Å². The molecule has 7 nitrogen and oxygen atoms in total. The molecular formula is C31H38NO6+. The van der Waals surface area contributed by atoms with Crippen molar-refractivity contribution >= 4 is 6.09 Å². The van der Waals surface area contributed by atoms with Crippen LogP contribution in [-0.4, -0.2) is 52.6 Å². The Morgan fingerprint density at radius 1 is 0.816 bits per heavy atom. The first kappa shape index (κ1) is 27.3. The van der Waals surface area contributed by atoms with Gasteiger partial charge in [0.15, 0.2) is 23.0 Å². The van der Waals surface area contributed by atoms with Crippen molar-refractivity contribution in [2.24, 2.45) is 0 Å². The van der Waals surface area contributed by atoms with Gasteiger partial charge >= 0.3 is 6.09 Å². The van der Waals surface area contributed by atoms with Gasteiger partial charge in [-0.05, 0) is 41.0 Å². The summed E-state index contributed by atoms with van der Waals surface area (Å²) in [5.41, 5.74) is 3.58. The van der Waals surface area contributed by atoms with Gasteiger partial charge in [0.2, 0.25) is 0 Å². The minimum Gasteiger partial charge on any atom is -0.493 e. The number of quaternary nitrogens is 1. The minimum absolute atomic E-state index is 0.104. The predicted molar refractivity (Wildman–Crippen MR) is 146 cm³/mol. The molecule has 1 aliphatic heterocycles. The molecule has 0 saturated carbocycles. The second-order valence-corrected chi connectivity index (χ2v) is 9.82. The molecule has 1 heterocycles. The van der Waals surface area contributed by atoms with E-state index >= 15 is 0 Å². The van der Waals surface area contributed by atoms with Crippen molar-refractivity contribution in [2.45, 2.75) is 38.3 Å². The van der Waals surface area contributed by atoms with Crippen molar-refractivity contribution in [1.82, 2.24) is 0 Å². The number of nitrogens with zero attached hydrogens (tertiary/aromatic N) is 1. The lowest BCUT2D eigenvalue weighted by Crippen LogP contribution is -2.66. The van der Waals surface area contributed by atoms with Gasteiger partial charge in [-0.2, -0.15) is 4.79 Å². The van der Waals surface area contributed by atoms with E-state index in [4.69, 9.17) is 23.7 Å². The Morgan fingerprint density at radius 2 is 1.45 bits per heavy atom. The van der Waals surface area contributed by atoms with Crippen LogP contribution in [-0.2, 0) is 29.7 Å². The van der Waals surface area contributed by atoms with E-state index in [0.717, 1.165) is 22.3 Å². The highest BCUT2D eigenvalue weighted by atomic mass is 16.6. The lowest BCUT2D eigenvalue weighted by molar-refractivity contribution is -0.903. The number of methoxy groups -OCH3 is 4. The third kappa shape index (κ3) is 4.78. The van der Waals surface area contributed by atoms with Crippen LogP contribution in [0.25, 0.3) is 0 Å². The maximum Gasteiger partial charge on any atom is 0.516 e. The van der Waals surface area contributed by atoms with Crippen molar-refractivity contribution < 1.29 is 33.0 Å². The molecule has 3 aromatic carbocycles. The smallest absolute Gasteiger partial charge is 0.493 e. The van der Waals surface area contributed by atoms with Crippen LogP contribution in [0.15, 0.2) is 60.7 Å². The summed E-state index contributed by atoms with van der Waals surface area (Å²) in [6.45, 7) is 2.95. The van der Waals surface area contributed by atoms with Crippen molar-refractivity contribution in [3.8, 4) is 23.0 Å². The first-order valence-corrected chi connectivity index (χ1v) is 12.9. The van der Waals surface area contributed by atoms with E-state index in [2.05, 4.69) is 6.92 Å². The Hall–Kier alpha value is -3.71. The van der Waals surface area contributed by atoms with E-state index in [-0.39, 0.29) is 17.2 Å². The van der Waals surface area contributed by atoms with Crippen molar-refractivity contribution in [2.75, 3.05) is 42.0 Å². The summed E-state index contributed by atoms with van der Waals surface area (Å²) < 4.78 is 28.5. The summed E-state index contributed by atoms with van der Waals surface area (Å²) in [6.07, 6.45) is 1.74. The van der Waals surface area contributed by atoms with E-state index in [0.29, 0.717) is 48.8 Å². The highest BCUT2D eigenvalue weighted by Gasteiger charge is 2.57. The number of hydrogen-bond donors (Lipinski definition) is 0. The van der Waals surface area contributed by atoms with Crippen LogP contribution in [0.5, 0.6) is 23.0 Å². The molecule has 1 unspecified atom stereocenters. The maximum atomic E-state index is 14.0. The van der Waals surface area contributed by atoms with E-state index in [1.807, 2.05) is 67.7 Å². The second kappa shape index (κ2) is 11.4. The van der Waals surface area contributed by atoms with Crippen molar-refractivity contribution in [3.63, 3.8) is 0 Å². The van der Waals surface area contributed by atoms with Crippen LogP contribution in [0, 0.1) is 0 Å². The molecule has 0 radical (unpaired) electrons. The van der Waals surface area contributed by atoms with Crippen molar-refractivity contribution in [3.05, 3.63) is 82.9 Å². The van der Waals surface area contributed by atoms with Gasteiger partial charge in [0.25, 0.3) is 0 Å². The number of fused-ring (bicyclic) bond motifs is 1. The molecule has 4 rings (SSSR count). The van der Waals surface area contributed by atoms with Crippen molar-refractivity contribution in [1.29, 1.82) is 0 Å². The molecular weight excluding hydrogens is 482 g/mol. The number of rotatable bonds is 9. The fourth-order valence-corrected chi connectivity index (χ4v) is 5.78. The Morgan fingerprint density at radius 3 is 2.08 bits per heavy atom. The second-order valence-electron chi connectivity index (χ2n) is 9.82. The van der Waals surface area contributed by atoms with E-state index in [1.165, 1.54) is 0 Å². The quantitative estimate of drug-likeness (QED) is 0.327. The normalized spacial score (nSPS) is 20.3. The number of benzene rings is 3. The van der Waals surface area contributed by atoms with Gasteiger partial charge in [0, 0.05) is 24.8 Å². The third-order valence-electron chi connectivity index (χ3n) is 8.02. The average Bonchev–Trinajstić information content (AvgIpc) is 2.96. The molecule has 1 aliphatic rings. The summed E-state index contributed by atoms with van der Waals surface area (Å²) in [6, 6.07) is 19.8. The Balaban J connectivity index is 1.84. The average molecular weight is 521 g/mol. The standard InChI is InChI=1S/C31H38NO6/c1-7-31(20-23-13-14-26(34-3)27(17-23)35-4)25-19-29(37-6)28(36-5)18-24(25)15-16-32(31,2)30(33)38-21-22-11-9-8-10-12-22/h8-14,17-19H,7,15-16,20-21H2,1-6H3/q+1/t31-,32?/m1/s1. The molecule has 38 heavy (non-hydrogen) atoms. The first-order chi connectivity index (χ1) is 18.3. The topological polar surface area (TPSA) is 63.2 Å². The van der Waals surface area contributed by atoms with Gasteiger partial charge in [-0.3, -0.25) is 0 Å². The molecule has 0 aromatic heterocycles. The molecule has 0 saturated heterocycles. The fourth-order valence-electron chi connectivity index (χ4n) is 5.78. The zero-order chi connectivity index (χ0) is 27.3. The van der Waals surface area contributed by atoms with Gasteiger partial charge in [0.05, 0.1) is 42.0 Å². The largest absolute Gasteiger partial charge is 0.516 e. The number of amides is 1. The van der Waals surface area contributed by atoms with Gasteiger partial charge in [-0.15, -0.1) is 0 Å². The molecule has 3 aromatic rings. The van der Waals surface area contributed by atoms with Gasteiger partial charge < -0.3 is 23.7 Å². The fraction of sp³-hybridized carbons (Fsp3) is 0.387. The lowest BCUT2D eigenvalue weighted by atomic mass is 9.73. The van der Waals surface area contributed by atoms with Crippen LogP contribution in [0.4, 0.5) is 4.79 Å². The molecule has 0 N–H and O–H groups in total. The van der Waals surface area contributed by atoms with E-state index < -0.39 is 5.54 Å². The highest BCUT2D eigenvalue weighted by Crippen LogP contribution is 2.49. The van der Waals surface area contributed by atoms with Crippen LogP contribution in [0.3, 0.4) is 0 Å². The maximum absolute atomic E-state index is 14.0. The molecule has 7 heteroatoms. The summed E-state index contributed by atoms with van der Waals surface area (Å²) >= 11 is 0. The molecule has 2 atom stereocenters. The van der Waals surface area contributed by atoms with Crippen LogP contribution in [0.2, 0.25) is 0 Å². The van der Waals surface area contributed by atoms with Crippen LogP contribution in [0.1, 0.15) is 35.6 Å². The highest BCUT2D eigenvalue weighted by molar-refractivity contribution is 5.62. The first-order valence-electron chi connectivity index (χ1n) is 12.9. The predicted octanol–water partition coefficient (Wildman–Crippen LogP) is 5.91. The number of ether oxygens (including phenoxy) is 5. The van der Waals surface area contributed by atoms with E-state index in [9.17, 15) is 4.79 Å². The van der Waals surface area contributed by atoms with Crippen LogP contribution < -0.4 is 18.9 Å². The number of carbonyl (C=O) groups is 1. The molecule has 1 amide bonds. The molecule has 202 valence electrons. The minimum atomic E-state index is -0.624. The summed E-state index contributed by atoms with van der Waals surface area (Å²) in [5, 5.41) is 0. The zero-order valence-electron chi connectivity index (χ0n) is 23.2. The van der Waals surface area contributed by atoms with E-state index in [1.54, 1.807) is 28.4 Å². The van der Waals surface area contributed by atoms with Gasteiger partial charge in [-0.1, -0.05) is 43.3 Å². The zero-order valence-corrected chi connectivity index (χ0v) is 23.2. The SMILES string of the molecule is CC[C@@]1(Cc2ccc(OC)c(OC)c2)c2cc(OC)c(OC)cc2CC[N+]1(C)C(=O)OCc1ccccc1. The van der Waals surface area contributed by atoms with Crippen LogP contribution >= 0.6 is 0 Å².